The second-order valence-corrected chi connectivity index (χ2v) is 8.00. The molecular formula is C12H15BrClFN2O2S. The average Bonchev–Trinajstić information content (AvgIpc) is 3.22. The van der Waals surface area contributed by atoms with Crippen LogP contribution in [-0.4, -0.2) is 15.0 Å². The number of sulfonamides is 1. The van der Waals surface area contributed by atoms with Crippen molar-refractivity contribution in [3.8, 4) is 0 Å². The molecule has 1 atom stereocenters. The first-order valence-electron chi connectivity index (χ1n) is 6.16. The third-order valence-corrected chi connectivity index (χ3v) is 6.27. The van der Waals surface area contributed by atoms with Crippen LogP contribution in [0, 0.1) is 17.7 Å². The Bertz CT molecular complexity index is 635. The van der Waals surface area contributed by atoms with E-state index >= 15 is 0 Å². The van der Waals surface area contributed by atoms with E-state index in [0.29, 0.717) is 5.92 Å². The van der Waals surface area contributed by atoms with Crippen LogP contribution in [-0.2, 0) is 10.0 Å². The Morgan fingerprint density at radius 3 is 2.75 bits per heavy atom. The number of hydrogen-bond acceptors (Lipinski definition) is 3. The zero-order valence-corrected chi connectivity index (χ0v) is 13.9. The quantitative estimate of drug-likeness (QED) is 0.604. The molecular weight excluding hydrogens is 371 g/mol. The van der Waals surface area contributed by atoms with Crippen molar-refractivity contribution in [2.75, 3.05) is 12.3 Å². The second kappa shape index (κ2) is 5.79. The van der Waals surface area contributed by atoms with Crippen LogP contribution < -0.4 is 10.5 Å². The Morgan fingerprint density at radius 1 is 1.60 bits per heavy atom. The number of nitrogens with two attached hydrogens (primary N) is 1. The van der Waals surface area contributed by atoms with Gasteiger partial charge in [-0.2, -0.15) is 0 Å². The normalized spacial score (nSPS) is 17.2. The summed E-state index contributed by atoms with van der Waals surface area (Å²) in [4.78, 5) is -0.522. The van der Waals surface area contributed by atoms with Gasteiger partial charge in [-0.3, -0.25) is 0 Å². The highest BCUT2D eigenvalue weighted by Crippen LogP contribution is 2.37. The van der Waals surface area contributed by atoms with Gasteiger partial charge in [-0.05, 0) is 46.7 Å². The number of nitrogens with one attached hydrogen (secondary N) is 1. The smallest absolute Gasteiger partial charge is 0.243 e. The molecule has 0 heterocycles. The fraction of sp³-hybridized carbons (Fsp3) is 0.500. The first kappa shape index (κ1) is 16.0. The lowest BCUT2D eigenvalue weighted by atomic mass is 10.1. The van der Waals surface area contributed by atoms with E-state index in [1.807, 2.05) is 6.92 Å². The maximum Gasteiger partial charge on any atom is 0.243 e. The molecule has 1 fully saturated rings. The molecule has 3 N–H and O–H groups in total. The van der Waals surface area contributed by atoms with Gasteiger partial charge in [-0.25, -0.2) is 17.5 Å². The van der Waals surface area contributed by atoms with Gasteiger partial charge in [0.1, 0.15) is 4.90 Å². The van der Waals surface area contributed by atoms with E-state index in [9.17, 15) is 12.8 Å². The van der Waals surface area contributed by atoms with Crippen molar-refractivity contribution >= 4 is 43.2 Å². The highest BCUT2D eigenvalue weighted by atomic mass is 79.9. The van der Waals surface area contributed by atoms with Crippen LogP contribution in [0.2, 0.25) is 5.02 Å². The van der Waals surface area contributed by atoms with Crippen LogP contribution >= 0.6 is 27.5 Å². The lowest BCUT2D eigenvalue weighted by Gasteiger charge is -2.14. The molecule has 1 unspecified atom stereocenters. The molecule has 112 valence electrons. The standard InChI is InChI=1S/C12H15BrClFN2O2S/c1-6(7-2-3-7)5-17-20(18,19)9-4-8(14)10(13)12(16)11(9)15/h4,6-7,17H,2-3,5,16H2,1H3. The fourth-order valence-electron chi connectivity index (χ4n) is 1.95. The van der Waals surface area contributed by atoms with E-state index in [-0.39, 0.29) is 27.6 Å². The molecule has 0 amide bonds. The number of nitrogen functional groups attached to an aromatic ring is 1. The molecule has 1 saturated carbocycles. The maximum absolute atomic E-state index is 14.0. The third kappa shape index (κ3) is 3.27. The van der Waals surface area contributed by atoms with E-state index in [4.69, 9.17) is 17.3 Å². The highest BCUT2D eigenvalue weighted by Gasteiger charge is 2.30. The summed E-state index contributed by atoms with van der Waals surface area (Å²) < 4.78 is 40.8. The van der Waals surface area contributed by atoms with Crippen LogP contribution in [0.15, 0.2) is 15.4 Å². The van der Waals surface area contributed by atoms with Crippen molar-refractivity contribution in [1.29, 1.82) is 0 Å². The van der Waals surface area contributed by atoms with Crippen molar-refractivity contribution in [2.24, 2.45) is 11.8 Å². The minimum Gasteiger partial charge on any atom is -0.395 e. The van der Waals surface area contributed by atoms with Crippen LogP contribution in [0.5, 0.6) is 0 Å². The first-order valence-corrected chi connectivity index (χ1v) is 8.82. The van der Waals surface area contributed by atoms with Gasteiger partial charge in [0.15, 0.2) is 5.82 Å². The number of rotatable bonds is 5. The molecule has 2 rings (SSSR count). The number of halogens is 3. The number of benzene rings is 1. The Kier molecular flexibility index (Phi) is 4.63. The van der Waals surface area contributed by atoms with E-state index in [1.165, 1.54) is 0 Å². The first-order chi connectivity index (χ1) is 9.24. The lowest BCUT2D eigenvalue weighted by Crippen LogP contribution is -2.30. The van der Waals surface area contributed by atoms with Crippen LogP contribution in [0.4, 0.5) is 10.1 Å². The molecule has 1 aromatic rings. The van der Waals surface area contributed by atoms with Gasteiger partial charge >= 0.3 is 0 Å². The molecule has 1 aromatic carbocycles. The average molecular weight is 386 g/mol. The minimum atomic E-state index is -3.96. The molecule has 1 aliphatic carbocycles. The third-order valence-electron chi connectivity index (χ3n) is 3.47. The largest absolute Gasteiger partial charge is 0.395 e. The zero-order valence-electron chi connectivity index (χ0n) is 10.8. The molecule has 4 nitrogen and oxygen atoms in total. The molecule has 0 aliphatic heterocycles. The van der Waals surface area contributed by atoms with Crippen molar-refractivity contribution in [3.63, 3.8) is 0 Å². The summed E-state index contributed by atoms with van der Waals surface area (Å²) >= 11 is 8.84. The molecule has 0 radical (unpaired) electrons. The minimum absolute atomic E-state index is 0.0551. The van der Waals surface area contributed by atoms with Gasteiger partial charge < -0.3 is 5.73 Å². The van der Waals surface area contributed by atoms with E-state index in [2.05, 4.69) is 20.7 Å². The van der Waals surface area contributed by atoms with Crippen LogP contribution in [0.3, 0.4) is 0 Å². The van der Waals surface area contributed by atoms with Crippen molar-refractivity contribution in [3.05, 3.63) is 21.4 Å². The lowest BCUT2D eigenvalue weighted by molar-refractivity contribution is 0.489. The molecule has 0 spiro atoms. The summed E-state index contributed by atoms with van der Waals surface area (Å²) in [6, 6.07) is 1.06. The Hall–Kier alpha value is -0.370. The van der Waals surface area contributed by atoms with E-state index in [0.717, 1.165) is 18.9 Å². The number of anilines is 1. The van der Waals surface area contributed by atoms with Gasteiger partial charge in [0, 0.05) is 6.54 Å². The number of hydrogen-bond donors (Lipinski definition) is 2. The Morgan fingerprint density at radius 2 is 2.20 bits per heavy atom. The molecule has 0 saturated heterocycles. The second-order valence-electron chi connectivity index (χ2n) is 5.06. The zero-order chi connectivity index (χ0) is 15.1. The molecule has 0 bridgehead atoms. The monoisotopic (exact) mass is 384 g/mol. The van der Waals surface area contributed by atoms with Gasteiger partial charge in [0.25, 0.3) is 0 Å². The SMILES string of the molecule is CC(CNS(=O)(=O)c1cc(Cl)c(Br)c(N)c1F)C1CC1. The molecule has 0 aromatic heterocycles. The fourth-order valence-corrected chi connectivity index (χ4v) is 3.77. The molecule has 1 aliphatic rings. The predicted octanol–water partition coefficient (Wildman–Crippen LogP) is 3.15. The Balaban J connectivity index is 2.24. The van der Waals surface area contributed by atoms with E-state index in [1.54, 1.807) is 0 Å². The summed E-state index contributed by atoms with van der Waals surface area (Å²) in [5, 5.41) is 0.0551. The van der Waals surface area contributed by atoms with Crippen molar-refractivity contribution in [2.45, 2.75) is 24.7 Å². The summed E-state index contributed by atoms with van der Waals surface area (Å²) in [5.41, 5.74) is 5.18. The van der Waals surface area contributed by atoms with Crippen molar-refractivity contribution < 1.29 is 12.8 Å². The summed E-state index contributed by atoms with van der Waals surface area (Å²) in [5.74, 6) is -0.204. The van der Waals surface area contributed by atoms with Gasteiger partial charge in [0.2, 0.25) is 10.0 Å². The topological polar surface area (TPSA) is 72.2 Å². The summed E-state index contributed by atoms with van der Waals surface area (Å²) in [7, 11) is -3.96. The maximum atomic E-state index is 14.0. The van der Waals surface area contributed by atoms with Gasteiger partial charge in [-0.1, -0.05) is 18.5 Å². The highest BCUT2D eigenvalue weighted by molar-refractivity contribution is 9.10. The molecule has 8 heteroatoms. The van der Waals surface area contributed by atoms with Crippen LogP contribution in [0.1, 0.15) is 19.8 Å². The predicted molar refractivity (Wildman–Crippen MR) is 80.6 cm³/mol. The van der Waals surface area contributed by atoms with E-state index < -0.39 is 20.7 Å². The van der Waals surface area contributed by atoms with Gasteiger partial charge in [0.05, 0.1) is 15.2 Å². The summed E-state index contributed by atoms with van der Waals surface area (Å²) in [6.45, 7) is 2.25. The Labute approximate surface area is 131 Å². The summed E-state index contributed by atoms with van der Waals surface area (Å²) in [6.07, 6.45) is 2.24. The molecule has 20 heavy (non-hydrogen) atoms. The van der Waals surface area contributed by atoms with Crippen molar-refractivity contribution in [1.82, 2.24) is 4.72 Å². The van der Waals surface area contributed by atoms with Crippen LogP contribution in [0.25, 0.3) is 0 Å². The van der Waals surface area contributed by atoms with Gasteiger partial charge in [-0.15, -0.1) is 0 Å².